The average molecular weight is 388 g/mol. The van der Waals surface area contributed by atoms with Crippen LogP contribution in [0.1, 0.15) is 34.2 Å². The zero-order valence-electron chi connectivity index (χ0n) is 17.1. The molecule has 1 N–H and O–H groups in total. The fraction of sp³-hybridized carbons (Fsp3) is 0.273. The third-order valence-corrected chi connectivity index (χ3v) is 5.24. The summed E-state index contributed by atoms with van der Waals surface area (Å²) in [6, 6.07) is 6.01. The van der Waals surface area contributed by atoms with Crippen LogP contribution in [0.15, 0.2) is 43.0 Å². The molecule has 4 rings (SSSR count). The minimum absolute atomic E-state index is 0.0455. The first-order chi connectivity index (χ1) is 14.0. The smallest absolute Gasteiger partial charge is 0.255 e. The molecule has 1 aromatic carbocycles. The number of pyridine rings is 1. The zero-order valence-corrected chi connectivity index (χ0v) is 17.1. The van der Waals surface area contributed by atoms with Gasteiger partial charge in [-0.05, 0) is 38.5 Å². The third kappa shape index (κ3) is 3.40. The number of amides is 1. The van der Waals surface area contributed by atoms with Crippen molar-refractivity contribution < 1.29 is 4.79 Å². The van der Waals surface area contributed by atoms with Crippen molar-refractivity contribution in [1.29, 1.82) is 0 Å². The van der Waals surface area contributed by atoms with Gasteiger partial charge in [-0.25, -0.2) is 9.97 Å². The fourth-order valence-electron chi connectivity index (χ4n) is 3.66. The molecular weight excluding hydrogens is 364 g/mol. The van der Waals surface area contributed by atoms with Crippen LogP contribution >= 0.6 is 0 Å². The molecule has 0 saturated carbocycles. The van der Waals surface area contributed by atoms with Gasteiger partial charge in [-0.3, -0.25) is 9.89 Å². The van der Waals surface area contributed by atoms with E-state index in [1.165, 1.54) is 0 Å². The molecule has 0 aliphatic carbocycles. The van der Waals surface area contributed by atoms with Crippen LogP contribution in [0.5, 0.6) is 0 Å². The number of carbonyl (C=O) groups excluding carboxylic acids is 1. The van der Waals surface area contributed by atoms with E-state index in [0.29, 0.717) is 12.1 Å². The van der Waals surface area contributed by atoms with E-state index >= 15 is 0 Å². The van der Waals surface area contributed by atoms with E-state index in [1.54, 1.807) is 23.5 Å². The highest BCUT2D eigenvalue weighted by atomic mass is 16.2. The molecule has 3 aromatic heterocycles. The summed E-state index contributed by atoms with van der Waals surface area (Å²) in [6.45, 7) is 7.29. The Balaban J connectivity index is 1.83. The normalized spacial score (nSPS) is 11.2. The standard InChI is InChI=1S/C22H24N6O/c1-5-28-9-8-23-19(28)13-27(4)22(29)20-15(3)21(16-11-24-25-12-16)26-18-7-6-14(2)10-17(18)20/h6-12H,5,13H2,1-4H3,(H,24,25). The Morgan fingerprint density at radius 3 is 2.83 bits per heavy atom. The van der Waals surface area contributed by atoms with Crippen molar-refractivity contribution in [3.8, 4) is 11.3 Å². The summed E-state index contributed by atoms with van der Waals surface area (Å²) in [5.74, 6) is 0.821. The van der Waals surface area contributed by atoms with Crippen LogP contribution in [-0.2, 0) is 13.1 Å². The van der Waals surface area contributed by atoms with Gasteiger partial charge >= 0.3 is 0 Å². The first kappa shape index (κ1) is 18.9. The van der Waals surface area contributed by atoms with Crippen molar-refractivity contribution in [2.45, 2.75) is 33.9 Å². The molecule has 7 nitrogen and oxygen atoms in total. The second-order valence-electron chi connectivity index (χ2n) is 7.26. The predicted octanol–water partition coefficient (Wildman–Crippen LogP) is 3.73. The number of nitrogens with one attached hydrogen (secondary N) is 1. The summed E-state index contributed by atoms with van der Waals surface area (Å²) in [5, 5.41) is 7.74. The highest BCUT2D eigenvalue weighted by Crippen LogP contribution is 2.30. The molecule has 0 unspecified atom stereocenters. The number of hydrogen-bond acceptors (Lipinski definition) is 4. The molecule has 0 aliphatic rings. The van der Waals surface area contributed by atoms with Gasteiger partial charge in [0.1, 0.15) is 5.82 Å². The molecule has 29 heavy (non-hydrogen) atoms. The lowest BCUT2D eigenvalue weighted by Crippen LogP contribution is -2.28. The minimum atomic E-state index is -0.0455. The molecule has 148 valence electrons. The zero-order chi connectivity index (χ0) is 20.5. The van der Waals surface area contributed by atoms with Gasteiger partial charge in [0.15, 0.2) is 0 Å². The van der Waals surface area contributed by atoms with Gasteiger partial charge in [0, 0.05) is 43.1 Å². The molecule has 0 fully saturated rings. The van der Waals surface area contributed by atoms with Crippen molar-refractivity contribution in [2.75, 3.05) is 7.05 Å². The maximum absolute atomic E-state index is 13.6. The number of carbonyl (C=O) groups is 1. The molecule has 3 heterocycles. The second kappa shape index (κ2) is 7.50. The van der Waals surface area contributed by atoms with Gasteiger partial charge in [0.25, 0.3) is 5.91 Å². The molecule has 1 amide bonds. The van der Waals surface area contributed by atoms with E-state index in [2.05, 4.69) is 22.1 Å². The van der Waals surface area contributed by atoms with Crippen molar-refractivity contribution in [3.05, 3.63) is 65.5 Å². The van der Waals surface area contributed by atoms with E-state index < -0.39 is 0 Å². The van der Waals surface area contributed by atoms with E-state index in [0.717, 1.165) is 45.7 Å². The summed E-state index contributed by atoms with van der Waals surface area (Å²) >= 11 is 0. The quantitative estimate of drug-likeness (QED) is 0.565. The number of imidazole rings is 1. The molecule has 4 aromatic rings. The number of rotatable bonds is 5. The SMILES string of the molecule is CCn1ccnc1CN(C)C(=O)c1c(C)c(-c2cn[nH]c2)nc2ccc(C)cc12. The molecule has 7 heteroatoms. The molecular formula is C22H24N6O. The summed E-state index contributed by atoms with van der Waals surface area (Å²) in [4.78, 5) is 24.5. The predicted molar refractivity (Wildman–Crippen MR) is 112 cm³/mol. The molecule has 0 atom stereocenters. The molecule has 0 spiro atoms. The summed E-state index contributed by atoms with van der Waals surface area (Å²) in [7, 11) is 1.82. The highest BCUT2D eigenvalue weighted by molar-refractivity contribution is 6.08. The lowest BCUT2D eigenvalue weighted by Gasteiger charge is -2.21. The van der Waals surface area contributed by atoms with Crippen LogP contribution in [0.25, 0.3) is 22.2 Å². The Morgan fingerprint density at radius 2 is 2.10 bits per heavy atom. The number of aryl methyl sites for hydroxylation is 2. The first-order valence-corrected chi connectivity index (χ1v) is 9.65. The van der Waals surface area contributed by atoms with Crippen LogP contribution in [0.3, 0.4) is 0 Å². The molecule has 0 saturated heterocycles. The fourth-order valence-corrected chi connectivity index (χ4v) is 3.66. The number of fused-ring (bicyclic) bond motifs is 1. The van der Waals surface area contributed by atoms with Crippen molar-refractivity contribution in [3.63, 3.8) is 0 Å². The maximum atomic E-state index is 13.6. The van der Waals surface area contributed by atoms with Gasteiger partial charge in [-0.2, -0.15) is 5.10 Å². The summed E-state index contributed by atoms with van der Waals surface area (Å²) < 4.78 is 2.04. The second-order valence-corrected chi connectivity index (χ2v) is 7.26. The molecule has 0 aliphatic heterocycles. The largest absolute Gasteiger partial charge is 0.334 e. The number of nitrogens with zero attached hydrogens (tertiary/aromatic N) is 5. The summed E-state index contributed by atoms with van der Waals surface area (Å²) in [5.41, 5.74) is 5.04. The van der Waals surface area contributed by atoms with Crippen molar-refractivity contribution in [2.24, 2.45) is 0 Å². The van der Waals surface area contributed by atoms with Gasteiger partial charge in [0.2, 0.25) is 0 Å². The maximum Gasteiger partial charge on any atom is 0.255 e. The third-order valence-electron chi connectivity index (χ3n) is 5.24. The summed E-state index contributed by atoms with van der Waals surface area (Å²) in [6.07, 6.45) is 7.22. The Bertz CT molecular complexity index is 1180. The van der Waals surface area contributed by atoms with Crippen LogP contribution in [0, 0.1) is 13.8 Å². The molecule has 0 bridgehead atoms. The number of hydrogen-bond donors (Lipinski definition) is 1. The van der Waals surface area contributed by atoms with Gasteiger partial charge in [-0.15, -0.1) is 0 Å². The van der Waals surface area contributed by atoms with Gasteiger partial charge < -0.3 is 9.47 Å². The Labute approximate surface area is 169 Å². The van der Waals surface area contributed by atoms with Gasteiger partial charge in [0.05, 0.1) is 29.5 Å². The van der Waals surface area contributed by atoms with Crippen LogP contribution in [0.2, 0.25) is 0 Å². The van der Waals surface area contributed by atoms with Crippen molar-refractivity contribution >= 4 is 16.8 Å². The van der Waals surface area contributed by atoms with E-state index in [9.17, 15) is 4.79 Å². The minimum Gasteiger partial charge on any atom is -0.334 e. The van der Waals surface area contributed by atoms with Gasteiger partial charge in [-0.1, -0.05) is 11.6 Å². The van der Waals surface area contributed by atoms with Crippen molar-refractivity contribution in [1.82, 2.24) is 29.6 Å². The topological polar surface area (TPSA) is 79.7 Å². The van der Waals surface area contributed by atoms with Crippen LogP contribution < -0.4 is 0 Å². The lowest BCUT2D eigenvalue weighted by atomic mass is 9.97. The number of aromatic nitrogens is 5. The Kier molecular flexibility index (Phi) is 4.88. The molecule has 0 radical (unpaired) electrons. The number of aromatic amines is 1. The van der Waals surface area contributed by atoms with E-state index in [4.69, 9.17) is 4.98 Å². The van der Waals surface area contributed by atoms with E-state index in [-0.39, 0.29) is 5.91 Å². The van der Waals surface area contributed by atoms with E-state index in [1.807, 2.05) is 49.9 Å². The highest BCUT2D eigenvalue weighted by Gasteiger charge is 2.23. The average Bonchev–Trinajstić information content (AvgIpc) is 3.39. The van der Waals surface area contributed by atoms with Crippen LogP contribution in [0.4, 0.5) is 0 Å². The lowest BCUT2D eigenvalue weighted by molar-refractivity contribution is 0.0781. The number of benzene rings is 1. The monoisotopic (exact) mass is 388 g/mol. The number of H-pyrrole nitrogens is 1. The van der Waals surface area contributed by atoms with Crippen LogP contribution in [-0.4, -0.2) is 42.6 Å². The Morgan fingerprint density at radius 1 is 1.28 bits per heavy atom. The Hall–Kier alpha value is -3.48. The first-order valence-electron chi connectivity index (χ1n) is 9.65.